The Bertz CT molecular complexity index is 262. The highest BCUT2D eigenvalue weighted by atomic mass is 32.1. The number of ether oxygens (including phenoxy) is 1. The molecule has 0 aliphatic carbocycles. The highest BCUT2D eigenvalue weighted by Gasteiger charge is 2.07. The molecule has 0 radical (unpaired) electrons. The van der Waals surface area contributed by atoms with E-state index in [0.717, 1.165) is 23.7 Å². The molecular formula is C10H18N2OS. The molecule has 1 aromatic rings. The smallest absolute Gasteiger partial charge is 0.119 e. The van der Waals surface area contributed by atoms with Crippen molar-refractivity contribution >= 4 is 11.3 Å². The first-order valence-corrected chi connectivity index (χ1v) is 5.85. The Kier molecular flexibility index (Phi) is 5.07. The third kappa shape index (κ3) is 3.36. The fraction of sp³-hybridized carbons (Fsp3) is 0.700. The Morgan fingerprint density at radius 2 is 2.43 bits per heavy atom. The molecule has 1 atom stereocenters. The topological polar surface area (TPSA) is 34.1 Å². The van der Waals surface area contributed by atoms with E-state index in [1.54, 1.807) is 11.3 Å². The summed E-state index contributed by atoms with van der Waals surface area (Å²) >= 11 is 1.67. The predicted octanol–water partition coefficient (Wildman–Crippen LogP) is 2.35. The van der Waals surface area contributed by atoms with Crippen molar-refractivity contribution in [3.05, 3.63) is 16.1 Å². The van der Waals surface area contributed by atoms with Gasteiger partial charge in [0.15, 0.2) is 0 Å². The molecule has 0 aliphatic heterocycles. The van der Waals surface area contributed by atoms with Gasteiger partial charge in [0.1, 0.15) is 5.01 Å². The van der Waals surface area contributed by atoms with Crippen molar-refractivity contribution in [1.29, 1.82) is 0 Å². The molecule has 0 fully saturated rings. The average molecular weight is 214 g/mol. The Hall–Kier alpha value is -0.450. The number of aromatic nitrogens is 1. The standard InChI is InChI=1S/C10H18N2OS/c1-4-5-13-6-10-12-9(7-14-10)8(2)11-3/h7-8,11H,4-6H2,1-3H3. The van der Waals surface area contributed by atoms with Gasteiger partial charge in [0.25, 0.3) is 0 Å². The summed E-state index contributed by atoms with van der Waals surface area (Å²) in [6.07, 6.45) is 1.06. The van der Waals surface area contributed by atoms with Crippen molar-refractivity contribution in [3.8, 4) is 0 Å². The number of thiazole rings is 1. The first kappa shape index (κ1) is 11.6. The molecule has 0 saturated heterocycles. The molecule has 3 nitrogen and oxygen atoms in total. The first-order chi connectivity index (χ1) is 6.77. The van der Waals surface area contributed by atoms with Crippen LogP contribution in [-0.4, -0.2) is 18.6 Å². The molecule has 0 bridgehead atoms. The summed E-state index contributed by atoms with van der Waals surface area (Å²) in [7, 11) is 1.94. The second-order valence-corrected chi connectivity index (χ2v) is 4.17. The molecule has 14 heavy (non-hydrogen) atoms. The van der Waals surface area contributed by atoms with Crippen LogP contribution in [0.15, 0.2) is 5.38 Å². The van der Waals surface area contributed by atoms with Gasteiger partial charge in [-0.2, -0.15) is 0 Å². The van der Waals surface area contributed by atoms with Crippen molar-refractivity contribution in [3.63, 3.8) is 0 Å². The number of rotatable bonds is 6. The minimum Gasteiger partial charge on any atom is -0.374 e. The highest BCUT2D eigenvalue weighted by Crippen LogP contribution is 2.16. The number of hydrogen-bond acceptors (Lipinski definition) is 4. The van der Waals surface area contributed by atoms with Gasteiger partial charge in [-0.05, 0) is 20.4 Å². The minimum absolute atomic E-state index is 0.325. The van der Waals surface area contributed by atoms with Gasteiger partial charge in [-0.25, -0.2) is 4.98 Å². The van der Waals surface area contributed by atoms with Crippen LogP contribution in [0.5, 0.6) is 0 Å². The lowest BCUT2D eigenvalue weighted by Gasteiger charge is -2.04. The molecular weight excluding hydrogens is 196 g/mol. The zero-order chi connectivity index (χ0) is 10.4. The highest BCUT2D eigenvalue weighted by molar-refractivity contribution is 7.09. The van der Waals surface area contributed by atoms with Gasteiger partial charge in [0, 0.05) is 18.0 Å². The predicted molar refractivity (Wildman–Crippen MR) is 59.5 cm³/mol. The maximum Gasteiger partial charge on any atom is 0.119 e. The third-order valence-electron chi connectivity index (χ3n) is 2.02. The molecule has 0 saturated carbocycles. The lowest BCUT2D eigenvalue weighted by molar-refractivity contribution is 0.121. The second kappa shape index (κ2) is 6.11. The number of hydrogen-bond donors (Lipinski definition) is 1. The third-order valence-corrected chi connectivity index (χ3v) is 2.86. The second-order valence-electron chi connectivity index (χ2n) is 3.23. The van der Waals surface area contributed by atoms with Crippen LogP contribution in [0.4, 0.5) is 0 Å². The lowest BCUT2D eigenvalue weighted by Crippen LogP contribution is -2.12. The van der Waals surface area contributed by atoms with E-state index in [9.17, 15) is 0 Å². The summed E-state index contributed by atoms with van der Waals surface area (Å²) in [4.78, 5) is 4.48. The van der Waals surface area contributed by atoms with Crippen molar-refractivity contribution in [2.45, 2.75) is 32.9 Å². The average Bonchev–Trinajstić information content (AvgIpc) is 2.66. The summed E-state index contributed by atoms with van der Waals surface area (Å²) < 4.78 is 5.42. The summed E-state index contributed by atoms with van der Waals surface area (Å²) in [6.45, 7) is 5.67. The van der Waals surface area contributed by atoms with Crippen LogP contribution in [0.3, 0.4) is 0 Å². The van der Waals surface area contributed by atoms with Crippen LogP contribution >= 0.6 is 11.3 Å². The van der Waals surface area contributed by atoms with Gasteiger partial charge >= 0.3 is 0 Å². The van der Waals surface area contributed by atoms with E-state index >= 15 is 0 Å². The normalized spacial score (nSPS) is 13.1. The zero-order valence-corrected chi connectivity index (χ0v) is 9.86. The molecule has 1 rings (SSSR count). The van der Waals surface area contributed by atoms with E-state index in [1.807, 2.05) is 7.05 Å². The maximum absolute atomic E-state index is 5.42. The molecule has 1 aromatic heterocycles. The fourth-order valence-electron chi connectivity index (χ4n) is 1.04. The molecule has 4 heteroatoms. The molecule has 1 heterocycles. The van der Waals surface area contributed by atoms with Crippen molar-refractivity contribution < 1.29 is 4.74 Å². The fourth-order valence-corrected chi connectivity index (χ4v) is 1.87. The van der Waals surface area contributed by atoms with Crippen LogP contribution in [0, 0.1) is 0 Å². The Morgan fingerprint density at radius 3 is 3.07 bits per heavy atom. The van der Waals surface area contributed by atoms with E-state index in [1.165, 1.54) is 0 Å². The molecule has 1 N–H and O–H groups in total. The number of nitrogens with zero attached hydrogens (tertiary/aromatic N) is 1. The van der Waals surface area contributed by atoms with E-state index in [0.29, 0.717) is 12.6 Å². The summed E-state index contributed by atoms with van der Waals surface area (Å²) in [5.41, 5.74) is 1.10. The van der Waals surface area contributed by atoms with Crippen molar-refractivity contribution in [2.24, 2.45) is 0 Å². The molecule has 0 amide bonds. The summed E-state index contributed by atoms with van der Waals surface area (Å²) in [5.74, 6) is 0. The van der Waals surface area contributed by atoms with E-state index in [2.05, 4.69) is 29.5 Å². The van der Waals surface area contributed by atoms with Gasteiger partial charge in [-0.15, -0.1) is 11.3 Å². The van der Waals surface area contributed by atoms with Gasteiger partial charge in [-0.1, -0.05) is 6.92 Å². The molecule has 0 aliphatic rings. The lowest BCUT2D eigenvalue weighted by atomic mass is 10.3. The minimum atomic E-state index is 0.325. The monoisotopic (exact) mass is 214 g/mol. The van der Waals surface area contributed by atoms with Crippen LogP contribution in [-0.2, 0) is 11.3 Å². The quantitative estimate of drug-likeness (QED) is 0.738. The van der Waals surface area contributed by atoms with Gasteiger partial charge in [0.2, 0.25) is 0 Å². The number of nitrogens with one attached hydrogen (secondary N) is 1. The van der Waals surface area contributed by atoms with Gasteiger partial charge in [-0.3, -0.25) is 0 Å². The maximum atomic E-state index is 5.42. The molecule has 0 aromatic carbocycles. The Morgan fingerprint density at radius 1 is 1.64 bits per heavy atom. The zero-order valence-electron chi connectivity index (χ0n) is 9.04. The first-order valence-electron chi connectivity index (χ1n) is 4.97. The van der Waals surface area contributed by atoms with E-state index in [4.69, 9.17) is 4.74 Å². The SMILES string of the molecule is CCCOCc1nc(C(C)NC)cs1. The molecule has 1 unspecified atom stereocenters. The van der Waals surface area contributed by atoms with Crippen LogP contribution in [0.1, 0.15) is 37.0 Å². The van der Waals surface area contributed by atoms with Gasteiger partial charge < -0.3 is 10.1 Å². The van der Waals surface area contributed by atoms with Crippen molar-refractivity contribution in [2.75, 3.05) is 13.7 Å². The Balaban J connectivity index is 2.42. The largest absolute Gasteiger partial charge is 0.374 e. The summed E-state index contributed by atoms with van der Waals surface area (Å²) in [5, 5.41) is 6.32. The molecule has 80 valence electrons. The van der Waals surface area contributed by atoms with E-state index in [-0.39, 0.29) is 0 Å². The van der Waals surface area contributed by atoms with Crippen LogP contribution in [0.2, 0.25) is 0 Å². The van der Waals surface area contributed by atoms with Crippen LogP contribution < -0.4 is 5.32 Å². The van der Waals surface area contributed by atoms with Crippen LogP contribution in [0.25, 0.3) is 0 Å². The molecule has 0 spiro atoms. The van der Waals surface area contributed by atoms with Gasteiger partial charge in [0.05, 0.1) is 12.3 Å². The summed E-state index contributed by atoms with van der Waals surface area (Å²) in [6, 6.07) is 0.325. The van der Waals surface area contributed by atoms with Crippen molar-refractivity contribution in [1.82, 2.24) is 10.3 Å². The Labute approximate surface area is 89.5 Å². The van der Waals surface area contributed by atoms with E-state index < -0.39 is 0 Å².